The van der Waals surface area contributed by atoms with Crippen LogP contribution in [0.3, 0.4) is 0 Å². The molecule has 1 heterocycles. The van der Waals surface area contributed by atoms with Gasteiger partial charge in [0.25, 0.3) is 5.91 Å². The second kappa shape index (κ2) is 8.21. The quantitative estimate of drug-likeness (QED) is 0.868. The van der Waals surface area contributed by atoms with E-state index in [0.717, 1.165) is 26.2 Å². The number of benzene rings is 2. The molecule has 2 N–H and O–H groups in total. The van der Waals surface area contributed by atoms with Crippen molar-refractivity contribution in [2.75, 3.05) is 43.9 Å². The van der Waals surface area contributed by atoms with Crippen molar-refractivity contribution >= 4 is 34.9 Å². The van der Waals surface area contributed by atoms with Crippen molar-refractivity contribution in [3.8, 4) is 0 Å². The first-order chi connectivity index (χ1) is 12.5. The summed E-state index contributed by atoms with van der Waals surface area (Å²) in [6.45, 7) is 3.24. The van der Waals surface area contributed by atoms with E-state index in [9.17, 15) is 9.59 Å². The monoisotopic (exact) mass is 372 g/mol. The number of anilines is 2. The smallest absolute Gasteiger partial charge is 0.323 e. The molecule has 0 spiro atoms. The van der Waals surface area contributed by atoms with Crippen molar-refractivity contribution in [3.05, 3.63) is 59.1 Å². The second-order valence-corrected chi connectivity index (χ2v) is 6.70. The number of nitrogens with one attached hydrogen (secondary N) is 2. The molecule has 2 aromatic rings. The van der Waals surface area contributed by atoms with Crippen molar-refractivity contribution < 1.29 is 9.59 Å². The molecule has 0 bridgehead atoms. The molecule has 26 heavy (non-hydrogen) atoms. The zero-order valence-corrected chi connectivity index (χ0v) is 15.3. The van der Waals surface area contributed by atoms with Gasteiger partial charge in [-0.25, -0.2) is 4.79 Å². The average molecular weight is 373 g/mol. The Morgan fingerprint density at radius 3 is 1.88 bits per heavy atom. The van der Waals surface area contributed by atoms with Gasteiger partial charge in [0, 0.05) is 48.1 Å². The van der Waals surface area contributed by atoms with Crippen LogP contribution in [0.25, 0.3) is 0 Å². The first-order valence-electron chi connectivity index (χ1n) is 8.43. The number of nitrogens with zero attached hydrogens (tertiary/aromatic N) is 2. The molecule has 0 aliphatic carbocycles. The molecular weight excluding hydrogens is 352 g/mol. The molecule has 0 atom stereocenters. The van der Waals surface area contributed by atoms with Crippen LogP contribution in [0.4, 0.5) is 16.2 Å². The number of amides is 3. The summed E-state index contributed by atoms with van der Waals surface area (Å²) < 4.78 is 0. The van der Waals surface area contributed by atoms with Crippen LogP contribution in [0.15, 0.2) is 48.5 Å². The van der Waals surface area contributed by atoms with Crippen molar-refractivity contribution in [2.45, 2.75) is 0 Å². The van der Waals surface area contributed by atoms with Gasteiger partial charge in [0.15, 0.2) is 0 Å². The lowest BCUT2D eigenvalue weighted by Gasteiger charge is -2.32. The van der Waals surface area contributed by atoms with Gasteiger partial charge in [-0.1, -0.05) is 11.6 Å². The third-order valence-electron chi connectivity index (χ3n) is 4.28. The zero-order chi connectivity index (χ0) is 18.5. The van der Waals surface area contributed by atoms with Gasteiger partial charge in [0.1, 0.15) is 0 Å². The summed E-state index contributed by atoms with van der Waals surface area (Å²) in [7, 11) is 2.05. The summed E-state index contributed by atoms with van der Waals surface area (Å²) in [5.41, 5.74) is 1.89. The summed E-state index contributed by atoms with van der Waals surface area (Å²) in [6, 6.07) is 13.4. The molecule has 3 rings (SSSR count). The van der Waals surface area contributed by atoms with E-state index in [4.69, 9.17) is 11.6 Å². The molecule has 1 saturated heterocycles. The normalized spacial score (nSPS) is 14.8. The standard InChI is InChI=1S/C19H21ClN4O2/c1-23-10-12-24(13-11-23)18(25)14-2-6-16(7-3-14)21-19(26)22-17-8-4-15(20)5-9-17/h2-9H,10-13H2,1H3,(H2,21,22,26). The number of rotatable bonds is 3. The molecule has 3 amide bonds. The maximum Gasteiger partial charge on any atom is 0.323 e. The highest BCUT2D eigenvalue weighted by Crippen LogP contribution is 2.15. The van der Waals surface area contributed by atoms with Crippen molar-refractivity contribution in [1.29, 1.82) is 0 Å². The SMILES string of the molecule is CN1CCN(C(=O)c2ccc(NC(=O)Nc3ccc(Cl)cc3)cc2)CC1. The maximum atomic E-state index is 12.5. The molecule has 2 aromatic carbocycles. The van der Waals surface area contributed by atoms with Crippen LogP contribution in [-0.2, 0) is 0 Å². The summed E-state index contributed by atoms with van der Waals surface area (Å²) in [5, 5.41) is 6.07. The Labute approximate surface area is 157 Å². The minimum absolute atomic E-state index is 0.0234. The molecule has 0 radical (unpaired) electrons. The van der Waals surface area contributed by atoms with Crippen LogP contribution in [0, 0.1) is 0 Å². The first kappa shape index (κ1) is 18.2. The van der Waals surface area contributed by atoms with E-state index in [1.165, 1.54) is 0 Å². The third-order valence-corrected chi connectivity index (χ3v) is 4.53. The molecule has 6 nitrogen and oxygen atoms in total. The summed E-state index contributed by atoms with van der Waals surface area (Å²) >= 11 is 5.82. The van der Waals surface area contributed by atoms with Gasteiger partial charge in [-0.2, -0.15) is 0 Å². The first-order valence-corrected chi connectivity index (χ1v) is 8.80. The van der Waals surface area contributed by atoms with Gasteiger partial charge in [0.05, 0.1) is 0 Å². The molecule has 136 valence electrons. The number of carbonyl (C=O) groups excluding carboxylic acids is 2. The minimum Gasteiger partial charge on any atom is -0.336 e. The van der Waals surface area contributed by atoms with Crippen LogP contribution in [0.2, 0.25) is 5.02 Å². The third kappa shape index (κ3) is 4.74. The van der Waals surface area contributed by atoms with E-state index in [1.54, 1.807) is 48.5 Å². The van der Waals surface area contributed by atoms with Crippen molar-refractivity contribution in [2.24, 2.45) is 0 Å². The van der Waals surface area contributed by atoms with Gasteiger partial charge in [-0.3, -0.25) is 4.79 Å². The molecule has 0 aromatic heterocycles. The van der Waals surface area contributed by atoms with E-state index in [1.807, 2.05) is 4.90 Å². The van der Waals surface area contributed by atoms with E-state index in [-0.39, 0.29) is 11.9 Å². The summed E-state index contributed by atoms with van der Waals surface area (Å²) in [6.07, 6.45) is 0. The fourth-order valence-corrected chi connectivity index (χ4v) is 2.84. The highest BCUT2D eigenvalue weighted by molar-refractivity contribution is 6.30. The van der Waals surface area contributed by atoms with Gasteiger partial charge in [-0.15, -0.1) is 0 Å². The number of hydrogen-bond donors (Lipinski definition) is 2. The molecular formula is C19H21ClN4O2. The maximum absolute atomic E-state index is 12.5. The number of carbonyl (C=O) groups is 2. The predicted molar refractivity (Wildman–Crippen MR) is 104 cm³/mol. The van der Waals surface area contributed by atoms with Gasteiger partial charge in [-0.05, 0) is 55.6 Å². The Morgan fingerprint density at radius 2 is 1.35 bits per heavy atom. The average Bonchev–Trinajstić information content (AvgIpc) is 2.64. The molecule has 1 aliphatic heterocycles. The number of likely N-dealkylation sites (N-methyl/N-ethyl adjacent to an activating group) is 1. The molecule has 0 saturated carbocycles. The van der Waals surface area contributed by atoms with Crippen LogP contribution in [0.5, 0.6) is 0 Å². The minimum atomic E-state index is -0.356. The zero-order valence-electron chi connectivity index (χ0n) is 14.5. The van der Waals surface area contributed by atoms with Gasteiger partial charge < -0.3 is 20.4 Å². The number of piperazine rings is 1. The summed E-state index contributed by atoms with van der Waals surface area (Å²) in [5.74, 6) is 0.0234. The van der Waals surface area contributed by atoms with E-state index in [2.05, 4.69) is 22.6 Å². The lowest BCUT2D eigenvalue weighted by atomic mass is 10.1. The lowest BCUT2D eigenvalue weighted by molar-refractivity contribution is 0.0664. The Balaban J connectivity index is 1.56. The van der Waals surface area contributed by atoms with Crippen LogP contribution >= 0.6 is 11.6 Å². The van der Waals surface area contributed by atoms with Crippen LogP contribution < -0.4 is 10.6 Å². The Hall–Kier alpha value is -2.57. The topological polar surface area (TPSA) is 64.7 Å². The number of urea groups is 1. The van der Waals surface area contributed by atoms with Gasteiger partial charge in [0.2, 0.25) is 0 Å². The summed E-state index contributed by atoms with van der Waals surface area (Å²) in [4.78, 5) is 28.6. The largest absolute Gasteiger partial charge is 0.336 e. The Bertz CT molecular complexity index is 769. The second-order valence-electron chi connectivity index (χ2n) is 6.26. The highest BCUT2D eigenvalue weighted by Gasteiger charge is 2.20. The molecule has 1 aliphatic rings. The lowest BCUT2D eigenvalue weighted by Crippen LogP contribution is -2.47. The van der Waals surface area contributed by atoms with Crippen LogP contribution in [0.1, 0.15) is 10.4 Å². The fourth-order valence-electron chi connectivity index (χ4n) is 2.71. The Kier molecular flexibility index (Phi) is 5.75. The van der Waals surface area contributed by atoms with Crippen LogP contribution in [-0.4, -0.2) is 55.0 Å². The Morgan fingerprint density at radius 1 is 0.846 bits per heavy atom. The predicted octanol–water partition coefficient (Wildman–Crippen LogP) is 3.37. The van der Waals surface area contributed by atoms with Gasteiger partial charge >= 0.3 is 6.03 Å². The van der Waals surface area contributed by atoms with E-state index < -0.39 is 0 Å². The molecule has 7 heteroatoms. The fraction of sp³-hybridized carbons (Fsp3) is 0.263. The number of halogens is 1. The van der Waals surface area contributed by atoms with E-state index in [0.29, 0.717) is 22.0 Å². The molecule has 1 fully saturated rings. The number of hydrogen-bond acceptors (Lipinski definition) is 3. The van der Waals surface area contributed by atoms with Crippen molar-refractivity contribution in [3.63, 3.8) is 0 Å². The van der Waals surface area contributed by atoms with E-state index >= 15 is 0 Å². The molecule has 0 unspecified atom stereocenters. The van der Waals surface area contributed by atoms with Crippen molar-refractivity contribution in [1.82, 2.24) is 9.80 Å². The highest BCUT2D eigenvalue weighted by atomic mass is 35.5.